The Morgan fingerprint density at radius 1 is 1.05 bits per heavy atom. The number of aromatic nitrogens is 2. The quantitative estimate of drug-likeness (QED) is 0.422. The predicted octanol–water partition coefficient (Wildman–Crippen LogP) is 1.54. The second kappa shape index (κ2) is 12.1. The summed E-state index contributed by atoms with van der Waals surface area (Å²) in [6.45, 7) is 5.44. The van der Waals surface area contributed by atoms with Crippen molar-refractivity contribution in [2.24, 2.45) is 5.16 Å². The van der Waals surface area contributed by atoms with E-state index in [4.69, 9.17) is 4.84 Å². The van der Waals surface area contributed by atoms with Crippen molar-refractivity contribution in [3.63, 3.8) is 0 Å². The molecule has 3 aliphatic heterocycles. The molecule has 208 valence electrons. The van der Waals surface area contributed by atoms with Crippen LogP contribution in [0.5, 0.6) is 0 Å². The first-order valence-corrected chi connectivity index (χ1v) is 13.7. The standard InChI is InChI=1S/C28H37N7O4/c1-19(32-39-2)27(37)33-12-8-22(9-13-33)31-26-15-23(29-18-30-26)28(38)35-14-10-24(25(36)17-35)34-11-7-20-5-3-4-6-21(20)16-34/h3-6,15,18,22,24-25,36H,7-14,16-17H2,1-2H3,(H,29,30,31)/t24-,25-/m1/s1. The second-order valence-electron chi connectivity index (χ2n) is 10.5. The van der Waals surface area contributed by atoms with Crippen LogP contribution >= 0.6 is 0 Å². The van der Waals surface area contributed by atoms with Gasteiger partial charge in [-0.15, -0.1) is 0 Å². The summed E-state index contributed by atoms with van der Waals surface area (Å²) in [6.07, 6.45) is 3.98. The fourth-order valence-corrected chi connectivity index (χ4v) is 5.89. The van der Waals surface area contributed by atoms with Crippen LogP contribution in [0.15, 0.2) is 41.8 Å². The molecule has 3 aliphatic rings. The highest BCUT2D eigenvalue weighted by Gasteiger charge is 2.36. The van der Waals surface area contributed by atoms with E-state index in [9.17, 15) is 14.7 Å². The molecule has 0 saturated carbocycles. The number of fused-ring (bicyclic) bond motifs is 1. The van der Waals surface area contributed by atoms with Gasteiger partial charge in [0.1, 0.15) is 30.7 Å². The van der Waals surface area contributed by atoms with Gasteiger partial charge in [0.25, 0.3) is 11.8 Å². The van der Waals surface area contributed by atoms with Crippen LogP contribution in [0, 0.1) is 0 Å². The van der Waals surface area contributed by atoms with E-state index in [0.717, 1.165) is 38.8 Å². The number of amides is 2. The molecule has 11 heteroatoms. The minimum Gasteiger partial charge on any atom is -0.399 e. The molecule has 2 aromatic rings. The summed E-state index contributed by atoms with van der Waals surface area (Å²) in [5, 5.41) is 18.1. The highest BCUT2D eigenvalue weighted by atomic mass is 16.6. The van der Waals surface area contributed by atoms with Gasteiger partial charge in [-0.25, -0.2) is 9.97 Å². The lowest BCUT2D eigenvalue weighted by Crippen LogP contribution is -2.56. The normalized spacial score (nSPS) is 22.8. The van der Waals surface area contributed by atoms with E-state index in [2.05, 4.69) is 49.6 Å². The fourth-order valence-electron chi connectivity index (χ4n) is 5.89. The summed E-state index contributed by atoms with van der Waals surface area (Å²) in [4.78, 5) is 44.8. The maximum atomic E-state index is 13.3. The molecule has 0 bridgehead atoms. The molecule has 2 N–H and O–H groups in total. The molecule has 5 rings (SSSR count). The van der Waals surface area contributed by atoms with Gasteiger partial charge in [-0.05, 0) is 43.7 Å². The third-order valence-electron chi connectivity index (χ3n) is 8.02. The minimum absolute atomic E-state index is 0.0346. The van der Waals surface area contributed by atoms with Gasteiger partial charge in [0.05, 0.1) is 6.10 Å². The van der Waals surface area contributed by atoms with Crippen molar-refractivity contribution in [3.8, 4) is 0 Å². The number of benzene rings is 1. The number of hydrogen-bond donors (Lipinski definition) is 2. The molecule has 1 aromatic heterocycles. The zero-order chi connectivity index (χ0) is 27.4. The molecular formula is C28H37N7O4. The number of aliphatic hydroxyl groups excluding tert-OH is 1. The zero-order valence-electron chi connectivity index (χ0n) is 22.6. The largest absolute Gasteiger partial charge is 0.399 e. The third kappa shape index (κ3) is 6.20. The number of anilines is 1. The van der Waals surface area contributed by atoms with Crippen LogP contribution in [0.25, 0.3) is 0 Å². The molecule has 39 heavy (non-hydrogen) atoms. The number of carbonyl (C=O) groups is 2. The van der Waals surface area contributed by atoms with Crippen molar-refractivity contribution in [1.82, 2.24) is 24.7 Å². The molecule has 0 radical (unpaired) electrons. The van der Waals surface area contributed by atoms with Gasteiger partial charge in [-0.1, -0.05) is 29.4 Å². The van der Waals surface area contributed by atoms with Gasteiger partial charge in [0.15, 0.2) is 0 Å². The molecular weight excluding hydrogens is 498 g/mol. The molecule has 2 atom stereocenters. The van der Waals surface area contributed by atoms with E-state index in [1.165, 1.54) is 24.6 Å². The Balaban J connectivity index is 1.14. The Morgan fingerprint density at radius 2 is 1.79 bits per heavy atom. The van der Waals surface area contributed by atoms with Gasteiger partial charge in [-0.2, -0.15) is 0 Å². The van der Waals surface area contributed by atoms with E-state index in [1.807, 2.05) is 0 Å². The highest BCUT2D eigenvalue weighted by Crippen LogP contribution is 2.26. The number of piperidine rings is 2. The number of nitrogens with one attached hydrogen (secondary N) is 1. The number of β-amino-alcohol motifs (C(OH)–C–C–N with tert-alkyl or cyclic N) is 1. The molecule has 0 aliphatic carbocycles. The van der Waals surface area contributed by atoms with Crippen LogP contribution < -0.4 is 5.32 Å². The van der Waals surface area contributed by atoms with Gasteiger partial charge in [-0.3, -0.25) is 14.5 Å². The maximum absolute atomic E-state index is 13.3. The van der Waals surface area contributed by atoms with Gasteiger partial charge >= 0.3 is 0 Å². The van der Waals surface area contributed by atoms with Crippen molar-refractivity contribution in [2.75, 3.05) is 45.2 Å². The van der Waals surface area contributed by atoms with Crippen LogP contribution in [0.2, 0.25) is 0 Å². The van der Waals surface area contributed by atoms with Crippen molar-refractivity contribution in [3.05, 3.63) is 53.5 Å². The number of carbonyl (C=O) groups excluding carboxylic acids is 2. The number of oxime groups is 1. The lowest BCUT2D eigenvalue weighted by Gasteiger charge is -2.43. The zero-order valence-corrected chi connectivity index (χ0v) is 22.6. The first-order valence-electron chi connectivity index (χ1n) is 13.7. The molecule has 2 saturated heterocycles. The summed E-state index contributed by atoms with van der Waals surface area (Å²) in [7, 11) is 1.42. The van der Waals surface area contributed by atoms with Gasteiger partial charge in [0.2, 0.25) is 0 Å². The number of likely N-dealkylation sites (tertiary alicyclic amines) is 2. The van der Waals surface area contributed by atoms with Crippen LogP contribution in [-0.4, -0.2) is 105 Å². The average Bonchev–Trinajstić information content (AvgIpc) is 2.97. The molecule has 0 spiro atoms. The lowest BCUT2D eigenvalue weighted by atomic mass is 9.94. The van der Waals surface area contributed by atoms with E-state index in [1.54, 1.807) is 22.8 Å². The summed E-state index contributed by atoms with van der Waals surface area (Å²) in [5.74, 6) is 0.259. The van der Waals surface area contributed by atoms with Crippen LogP contribution in [0.1, 0.15) is 47.8 Å². The first-order chi connectivity index (χ1) is 18.9. The smallest absolute Gasteiger partial charge is 0.272 e. The summed E-state index contributed by atoms with van der Waals surface area (Å²) in [5.41, 5.74) is 3.35. The average molecular weight is 536 g/mol. The van der Waals surface area contributed by atoms with Gasteiger partial charge < -0.3 is 25.1 Å². The molecule has 2 amide bonds. The molecule has 11 nitrogen and oxygen atoms in total. The predicted molar refractivity (Wildman–Crippen MR) is 146 cm³/mol. The van der Waals surface area contributed by atoms with Crippen LogP contribution in [0.4, 0.5) is 5.82 Å². The fraction of sp³-hybridized carbons (Fsp3) is 0.536. The molecule has 4 heterocycles. The number of rotatable bonds is 6. The van der Waals surface area contributed by atoms with Crippen molar-refractivity contribution >= 4 is 23.3 Å². The Hall–Kier alpha value is -3.57. The SMILES string of the molecule is CON=C(C)C(=O)N1CCC(Nc2cc(C(=O)N3CC[C@@H](N4CCc5ccccc5C4)[C@H](O)C3)ncn2)CC1. The molecule has 1 aromatic carbocycles. The van der Waals surface area contributed by atoms with E-state index in [0.29, 0.717) is 36.9 Å². The monoisotopic (exact) mass is 535 g/mol. The highest BCUT2D eigenvalue weighted by molar-refractivity contribution is 6.37. The topological polar surface area (TPSA) is 123 Å². The number of nitrogens with zero attached hydrogens (tertiary/aromatic N) is 6. The minimum atomic E-state index is -0.613. The Kier molecular flexibility index (Phi) is 8.37. The van der Waals surface area contributed by atoms with E-state index < -0.39 is 6.10 Å². The van der Waals surface area contributed by atoms with Crippen LogP contribution in [-0.2, 0) is 22.6 Å². The third-order valence-corrected chi connectivity index (χ3v) is 8.02. The second-order valence-corrected chi connectivity index (χ2v) is 10.5. The van der Waals surface area contributed by atoms with Crippen LogP contribution in [0.3, 0.4) is 0 Å². The Labute approximate surface area is 228 Å². The Morgan fingerprint density at radius 3 is 2.54 bits per heavy atom. The van der Waals surface area contributed by atoms with Crippen molar-refractivity contribution in [2.45, 2.75) is 57.3 Å². The lowest BCUT2D eigenvalue weighted by molar-refractivity contribution is -0.125. The summed E-state index contributed by atoms with van der Waals surface area (Å²) >= 11 is 0. The number of aliphatic hydroxyl groups is 1. The first kappa shape index (κ1) is 27.0. The molecule has 0 unspecified atom stereocenters. The van der Waals surface area contributed by atoms with Crippen molar-refractivity contribution in [1.29, 1.82) is 0 Å². The van der Waals surface area contributed by atoms with E-state index in [-0.39, 0.29) is 30.4 Å². The Bertz CT molecular complexity index is 1210. The molecule has 2 fully saturated rings. The summed E-state index contributed by atoms with van der Waals surface area (Å²) < 4.78 is 0. The number of hydrogen-bond acceptors (Lipinski definition) is 9. The summed E-state index contributed by atoms with van der Waals surface area (Å²) in [6, 6.07) is 10.3. The van der Waals surface area contributed by atoms with E-state index >= 15 is 0 Å². The van der Waals surface area contributed by atoms with Crippen molar-refractivity contribution < 1.29 is 19.5 Å². The van der Waals surface area contributed by atoms with Gasteiger partial charge in [0, 0.05) is 57.4 Å². The maximum Gasteiger partial charge on any atom is 0.272 e.